The summed E-state index contributed by atoms with van der Waals surface area (Å²) in [6.45, 7) is 8.40. The lowest BCUT2D eigenvalue weighted by atomic mass is 9.87. The molecular weight excluding hydrogens is 470 g/mol. The fourth-order valence-corrected chi connectivity index (χ4v) is 4.34. The van der Waals surface area contributed by atoms with Crippen molar-refractivity contribution in [2.24, 2.45) is 0 Å². The van der Waals surface area contributed by atoms with Crippen molar-refractivity contribution in [2.45, 2.75) is 58.2 Å². The summed E-state index contributed by atoms with van der Waals surface area (Å²) in [7, 11) is 3.24. The SMILES string of the molecule is COc1ccc(CNc2ccc3c(c2)C(OC(C)C)C(OC(=O)c2ccc(OC)cc2)C(C)(C)O3)cc1. The molecule has 2 unspecified atom stereocenters. The van der Waals surface area contributed by atoms with E-state index in [1.165, 1.54) is 0 Å². The summed E-state index contributed by atoms with van der Waals surface area (Å²) in [6, 6.07) is 20.7. The van der Waals surface area contributed by atoms with E-state index in [1.54, 1.807) is 38.5 Å². The summed E-state index contributed by atoms with van der Waals surface area (Å²) in [5, 5.41) is 3.46. The third-order valence-corrected chi connectivity index (χ3v) is 6.28. The predicted molar refractivity (Wildman–Crippen MR) is 143 cm³/mol. The molecule has 0 saturated carbocycles. The van der Waals surface area contributed by atoms with Crippen LogP contribution >= 0.6 is 0 Å². The number of fused-ring (bicyclic) bond motifs is 1. The number of carbonyl (C=O) groups is 1. The van der Waals surface area contributed by atoms with Crippen LogP contribution in [0, 0.1) is 0 Å². The maximum atomic E-state index is 13.1. The molecule has 4 rings (SSSR count). The van der Waals surface area contributed by atoms with Gasteiger partial charge >= 0.3 is 5.97 Å². The van der Waals surface area contributed by atoms with Gasteiger partial charge < -0.3 is 29.0 Å². The molecule has 1 N–H and O–H groups in total. The van der Waals surface area contributed by atoms with E-state index in [-0.39, 0.29) is 6.10 Å². The summed E-state index contributed by atoms with van der Waals surface area (Å²) >= 11 is 0. The molecule has 0 bridgehead atoms. The summed E-state index contributed by atoms with van der Waals surface area (Å²) in [5.41, 5.74) is 2.49. The van der Waals surface area contributed by atoms with Crippen LogP contribution in [0.25, 0.3) is 0 Å². The number of carbonyl (C=O) groups excluding carboxylic acids is 1. The molecule has 3 aromatic rings. The van der Waals surface area contributed by atoms with Crippen LogP contribution in [0.3, 0.4) is 0 Å². The van der Waals surface area contributed by atoms with Gasteiger partial charge in [0, 0.05) is 17.8 Å². The van der Waals surface area contributed by atoms with Crippen molar-refractivity contribution < 1.29 is 28.5 Å². The highest BCUT2D eigenvalue weighted by molar-refractivity contribution is 5.89. The van der Waals surface area contributed by atoms with Crippen molar-refractivity contribution >= 4 is 11.7 Å². The number of hydrogen-bond donors (Lipinski definition) is 1. The third kappa shape index (κ3) is 6.17. The number of rotatable bonds is 9. The Kier molecular flexibility index (Phi) is 7.93. The fraction of sp³-hybridized carbons (Fsp3) is 0.367. The number of nitrogens with one attached hydrogen (secondary N) is 1. The molecule has 0 fully saturated rings. The lowest BCUT2D eigenvalue weighted by Gasteiger charge is -2.44. The Bertz CT molecular complexity index is 1200. The second-order valence-corrected chi connectivity index (χ2v) is 9.82. The first kappa shape index (κ1) is 26.4. The maximum absolute atomic E-state index is 13.1. The first-order valence-corrected chi connectivity index (χ1v) is 12.4. The Labute approximate surface area is 218 Å². The van der Waals surface area contributed by atoms with E-state index in [0.717, 1.165) is 22.6 Å². The normalized spacial score (nSPS) is 17.9. The molecule has 3 aromatic carbocycles. The van der Waals surface area contributed by atoms with Crippen molar-refractivity contribution in [3.63, 3.8) is 0 Å². The van der Waals surface area contributed by atoms with Gasteiger partial charge in [-0.3, -0.25) is 0 Å². The molecule has 0 aliphatic carbocycles. The van der Waals surface area contributed by atoms with Crippen LogP contribution < -0.4 is 19.5 Å². The highest BCUT2D eigenvalue weighted by Crippen LogP contribution is 2.45. The Morgan fingerprint density at radius 1 is 0.946 bits per heavy atom. The minimum absolute atomic E-state index is 0.0927. The first-order valence-electron chi connectivity index (χ1n) is 12.4. The van der Waals surface area contributed by atoms with Gasteiger partial charge in [0.2, 0.25) is 0 Å². The average molecular weight is 506 g/mol. The quantitative estimate of drug-likeness (QED) is 0.348. The lowest BCUT2D eigenvalue weighted by Crippen LogP contribution is -2.52. The topological polar surface area (TPSA) is 75.2 Å². The van der Waals surface area contributed by atoms with E-state index in [2.05, 4.69) is 5.32 Å². The number of methoxy groups -OCH3 is 2. The number of hydrogen-bond acceptors (Lipinski definition) is 7. The van der Waals surface area contributed by atoms with Crippen LogP contribution in [0.2, 0.25) is 0 Å². The molecule has 7 nitrogen and oxygen atoms in total. The number of anilines is 1. The minimum atomic E-state index is -0.813. The van der Waals surface area contributed by atoms with Crippen LogP contribution in [0.5, 0.6) is 17.2 Å². The highest BCUT2D eigenvalue weighted by atomic mass is 16.6. The van der Waals surface area contributed by atoms with E-state index in [9.17, 15) is 4.79 Å². The van der Waals surface area contributed by atoms with E-state index in [0.29, 0.717) is 23.6 Å². The van der Waals surface area contributed by atoms with Crippen molar-refractivity contribution in [2.75, 3.05) is 19.5 Å². The molecule has 0 saturated heterocycles. The second-order valence-electron chi connectivity index (χ2n) is 9.82. The molecule has 1 aliphatic rings. The minimum Gasteiger partial charge on any atom is -0.497 e. The van der Waals surface area contributed by atoms with Gasteiger partial charge in [0.25, 0.3) is 0 Å². The number of benzene rings is 3. The van der Waals surface area contributed by atoms with E-state index in [1.807, 2.05) is 70.2 Å². The van der Waals surface area contributed by atoms with Crippen LogP contribution in [-0.4, -0.2) is 38.0 Å². The fourth-order valence-electron chi connectivity index (χ4n) is 4.34. The Morgan fingerprint density at radius 3 is 2.16 bits per heavy atom. The van der Waals surface area contributed by atoms with E-state index >= 15 is 0 Å². The predicted octanol–water partition coefficient (Wildman–Crippen LogP) is 6.18. The molecule has 1 aliphatic heterocycles. The smallest absolute Gasteiger partial charge is 0.338 e. The maximum Gasteiger partial charge on any atom is 0.338 e. The zero-order valence-electron chi connectivity index (χ0n) is 22.2. The van der Waals surface area contributed by atoms with Crippen molar-refractivity contribution in [3.05, 3.63) is 83.4 Å². The average Bonchev–Trinajstić information content (AvgIpc) is 2.89. The van der Waals surface area contributed by atoms with Gasteiger partial charge in [-0.1, -0.05) is 12.1 Å². The van der Waals surface area contributed by atoms with Gasteiger partial charge in [-0.2, -0.15) is 0 Å². The van der Waals surface area contributed by atoms with Gasteiger partial charge in [0.1, 0.15) is 29.0 Å². The molecular formula is C30H35NO6. The van der Waals surface area contributed by atoms with Gasteiger partial charge in [-0.05, 0) is 87.9 Å². The highest BCUT2D eigenvalue weighted by Gasteiger charge is 2.48. The summed E-state index contributed by atoms with van der Waals surface area (Å²) in [4.78, 5) is 13.1. The second kappa shape index (κ2) is 11.1. The number of esters is 1. The van der Waals surface area contributed by atoms with Gasteiger partial charge in [0.15, 0.2) is 6.10 Å². The van der Waals surface area contributed by atoms with Crippen LogP contribution in [0.1, 0.15) is 55.3 Å². The zero-order valence-corrected chi connectivity index (χ0v) is 22.2. The number of ether oxygens (including phenoxy) is 5. The molecule has 0 amide bonds. The molecule has 0 aromatic heterocycles. The van der Waals surface area contributed by atoms with Gasteiger partial charge in [-0.25, -0.2) is 4.79 Å². The largest absolute Gasteiger partial charge is 0.497 e. The van der Waals surface area contributed by atoms with E-state index < -0.39 is 23.8 Å². The molecule has 7 heteroatoms. The zero-order chi connectivity index (χ0) is 26.6. The van der Waals surface area contributed by atoms with Crippen molar-refractivity contribution in [1.29, 1.82) is 0 Å². The van der Waals surface area contributed by atoms with Crippen LogP contribution in [0.4, 0.5) is 5.69 Å². The van der Waals surface area contributed by atoms with Crippen molar-refractivity contribution in [3.8, 4) is 17.2 Å². The Morgan fingerprint density at radius 2 is 1.57 bits per heavy atom. The van der Waals surface area contributed by atoms with Crippen molar-refractivity contribution in [1.82, 2.24) is 0 Å². The van der Waals surface area contributed by atoms with Crippen LogP contribution in [-0.2, 0) is 16.0 Å². The van der Waals surface area contributed by atoms with E-state index in [4.69, 9.17) is 23.7 Å². The molecule has 0 radical (unpaired) electrons. The van der Waals surface area contributed by atoms with Crippen LogP contribution in [0.15, 0.2) is 66.7 Å². The molecule has 0 spiro atoms. The molecule has 2 atom stereocenters. The third-order valence-electron chi connectivity index (χ3n) is 6.28. The molecule has 1 heterocycles. The summed E-state index contributed by atoms with van der Waals surface area (Å²) in [5.74, 6) is 1.75. The van der Waals surface area contributed by atoms with Gasteiger partial charge in [-0.15, -0.1) is 0 Å². The van der Waals surface area contributed by atoms with Gasteiger partial charge in [0.05, 0.1) is 25.9 Å². The lowest BCUT2D eigenvalue weighted by molar-refractivity contribution is -0.151. The molecule has 196 valence electrons. The first-order chi connectivity index (χ1) is 17.7. The Hall–Kier alpha value is -3.71. The monoisotopic (exact) mass is 505 g/mol. The standard InChI is InChI=1S/C30H35NO6/c1-19(2)35-27-25-17-22(31-18-20-7-12-23(33-5)13-8-20)11-16-26(25)37-30(3,4)28(27)36-29(32)21-9-14-24(34-6)15-10-21/h7-17,19,27-28,31H,18H2,1-6H3. The Balaban J connectivity index is 1.59. The summed E-state index contributed by atoms with van der Waals surface area (Å²) < 4.78 is 29.2. The summed E-state index contributed by atoms with van der Waals surface area (Å²) in [6.07, 6.45) is -1.28. The molecule has 37 heavy (non-hydrogen) atoms.